The zero-order valence-electron chi connectivity index (χ0n) is 13.5. The summed E-state index contributed by atoms with van der Waals surface area (Å²) >= 11 is 0. The van der Waals surface area contributed by atoms with Gasteiger partial charge in [0.1, 0.15) is 6.67 Å². The SMILES string of the molecule is FCCN1CC(C2CCCCC2)NCC1C1CCCCC1. The molecule has 2 unspecified atom stereocenters. The molecule has 0 aromatic carbocycles. The summed E-state index contributed by atoms with van der Waals surface area (Å²) < 4.78 is 13.0. The zero-order valence-corrected chi connectivity index (χ0v) is 13.5. The van der Waals surface area contributed by atoms with E-state index in [0.29, 0.717) is 18.6 Å². The van der Waals surface area contributed by atoms with Crippen LogP contribution in [0, 0.1) is 11.8 Å². The van der Waals surface area contributed by atoms with Crippen molar-refractivity contribution in [2.24, 2.45) is 11.8 Å². The van der Waals surface area contributed by atoms with Gasteiger partial charge in [-0.15, -0.1) is 0 Å². The lowest BCUT2D eigenvalue weighted by molar-refractivity contribution is 0.0476. The van der Waals surface area contributed by atoms with E-state index in [4.69, 9.17) is 0 Å². The van der Waals surface area contributed by atoms with E-state index in [1.807, 2.05) is 0 Å². The number of hydrogen-bond acceptors (Lipinski definition) is 2. The van der Waals surface area contributed by atoms with Crippen molar-refractivity contribution in [3.8, 4) is 0 Å². The second-order valence-corrected chi connectivity index (χ2v) is 7.56. The molecule has 0 bridgehead atoms. The van der Waals surface area contributed by atoms with E-state index in [2.05, 4.69) is 10.2 Å². The van der Waals surface area contributed by atoms with Gasteiger partial charge in [0.15, 0.2) is 0 Å². The molecule has 1 saturated heterocycles. The maximum absolute atomic E-state index is 13.0. The fourth-order valence-electron chi connectivity index (χ4n) is 5.06. The highest BCUT2D eigenvalue weighted by molar-refractivity contribution is 4.93. The summed E-state index contributed by atoms with van der Waals surface area (Å²) in [6.07, 6.45) is 13.9. The molecule has 0 spiro atoms. The third kappa shape index (κ3) is 3.98. The minimum Gasteiger partial charge on any atom is -0.311 e. The summed E-state index contributed by atoms with van der Waals surface area (Å²) in [7, 11) is 0. The second-order valence-electron chi connectivity index (χ2n) is 7.56. The summed E-state index contributed by atoms with van der Waals surface area (Å²) in [4.78, 5) is 2.51. The standard InChI is InChI=1S/C18H33FN2/c19-11-12-21-14-17(15-7-3-1-4-8-15)20-13-18(21)16-9-5-2-6-10-16/h15-18,20H,1-14H2. The summed E-state index contributed by atoms with van der Waals surface area (Å²) in [5.41, 5.74) is 0. The second kappa shape index (κ2) is 7.92. The van der Waals surface area contributed by atoms with Gasteiger partial charge in [0.05, 0.1) is 0 Å². The Hall–Kier alpha value is -0.150. The quantitative estimate of drug-likeness (QED) is 0.850. The molecule has 0 aromatic heterocycles. The van der Waals surface area contributed by atoms with Crippen molar-refractivity contribution in [2.45, 2.75) is 76.3 Å². The van der Waals surface area contributed by atoms with Crippen LogP contribution in [-0.4, -0.2) is 43.3 Å². The monoisotopic (exact) mass is 296 g/mol. The predicted molar refractivity (Wildman–Crippen MR) is 86.3 cm³/mol. The first-order chi connectivity index (χ1) is 10.4. The Morgan fingerprint density at radius 1 is 0.857 bits per heavy atom. The molecule has 2 atom stereocenters. The minimum absolute atomic E-state index is 0.180. The summed E-state index contributed by atoms with van der Waals surface area (Å²) in [6, 6.07) is 1.22. The van der Waals surface area contributed by atoms with E-state index in [-0.39, 0.29) is 6.67 Å². The van der Waals surface area contributed by atoms with Crippen LogP contribution in [0.4, 0.5) is 4.39 Å². The molecule has 3 aliphatic rings. The van der Waals surface area contributed by atoms with Crippen molar-refractivity contribution >= 4 is 0 Å². The van der Waals surface area contributed by atoms with E-state index < -0.39 is 0 Å². The number of halogens is 1. The molecule has 21 heavy (non-hydrogen) atoms. The first-order valence-electron chi connectivity index (χ1n) is 9.42. The maximum Gasteiger partial charge on any atom is 0.102 e. The Bertz CT molecular complexity index is 298. The van der Waals surface area contributed by atoms with Crippen LogP contribution >= 0.6 is 0 Å². The predicted octanol–water partition coefficient (Wildman–Crippen LogP) is 3.76. The topological polar surface area (TPSA) is 15.3 Å². The normalized spacial score (nSPS) is 34.1. The molecule has 0 amide bonds. The van der Waals surface area contributed by atoms with E-state index in [1.165, 1.54) is 64.2 Å². The molecule has 2 saturated carbocycles. The van der Waals surface area contributed by atoms with Gasteiger partial charge in [-0.05, 0) is 37.5 Å². The smallest absolute Gasteiger partial charge is 0.102 e. The zero-order chi connectivity index (χ0) is 14.5. The highest BCUT2D eigenvalue weighted by atomic mass is 19.1. The molecule has 122 valence electrons. The van der Waals surface area contributed by atoms with Crippen molar-refractivity contribution < 1.29 is 4.39 Å². The summed E-state index contributed by atoms with van der Waals surface area (Å²) in [6.45, 7) is 2.67. The van der Waals surface area contributed by atoms with E-state index in [9.17, 15) is 4.39 Å². The number of nitrogens with one attached hydrogen (secondary N) is 1. The third-order valence-corrected chi connectivity index (χ3v) is 6.27. The summed E-state index contributed by atoms with van der Waals surface area (Å²) in [5.74, 6) is 1.65. The molecule has 1 aliphatic heterocycles. The lowest BCUT2D eigenvalue weighted by Gasteiger charge is -2.47. The van der Waals surface area contributed by atoms with E-state index in [0.717, 1.165) is 24.9 Å². The fraction of sp³-hybridized carbons (Fsp3) is 1.00. The molecule has 2 nitrogen and oxygen atoms in total. The van der Waals surface area contributed by atoms with Gasteiger partial charge in [0, 0.05) is 31.7 Å². The number of alkyl halides is 1. The first kappa shape index (κ1) is 15.7. The molecular formula is C18H33FN2. The Labute approximate surface area is 129 Å². The molecule has 3 fully saturated rings. The number of rotatable bonds is 4. The number of nitrogens with zero attached hydrogens (tertiary/aromatic N) is 1. The Balaban J connectivity index is 1.59. The van der Waals surface area contributed by atoms with E-state index >= 15 is 0 Å². The van der Waals surface area contributed by atoms with Gasteiger partial charge in [0.25, 0.3) is 0 Å². The van der Waals surface area contributed by atoms with Crippen LogP contribution in [0.2, 0.25) is 0 Å². The van der Waals surface area contributed by atoms with Gasteiger partial charge in [-0.2, -0.15) is 0 Å². The molecule has 1 heterocycles. The van der Waals surface area contributed by atoms with Gasteiger partial charge in [-0.3, -0.25) is 4.90 Å². The van der Waals surface area contributed by atoms with Crippen LogP contribution in [0.25, 0.3) is 0 Å². The van der Waals surface area contributed by atoms with Crippen molar-refractivity contribution in [2.75, 3.05) is 26.3 Å². The van der Waals surface area contributed by atoms with Crippen LogP contribution < -0.4 is 5.32 Å². The fourth-order valence-corrected chi connectivity index (χ4v) is 5.06. The van der Waals surface area contributed by atoms with Crippen LogP contribution in [0.15, 0.2) is 0 Å². The number of hydrogen-bond donors (Lipinski definition) is 1. The highest BCUT2D eigenvalue weighted by Crippen LogP contribution is 2.33. The Morgan fingerprint density at radius 3 is 2.10 bits per heavy atom. The van der Waals surface area contributed by atoms with Crippen molar-refractivity contribution in [3.63, 3.8) is 0 Å². The Kier molecular flexibility index (Phi) is 5.93. The van der Waals surface area contributed by atoms with E-state index in [1.54, 1.807) is 0 Å². The molecule has 2 aliphatic carbocycles. The molecule has 1 N–H and O–H groups in total. The summed E-state index contributed by atoms with van der Waals surface area (Å²) in [5, 5.41) is 3.86. The van der Waals surface area contributed by atoms with Crippen LogP contribution in [0.3, 0.4) is 0 Å². The maximum atomic E-state index is 13.0. The van der Waals surface area contributed by atoms with Crippen LogP contribution in [-0.2, 0) is 0 Å². The van der Waals surface area contributed by atoms with Gasteiger partial charge < -0.3 is 5.32 Å². The van der Waals surface area contributed by atoms with Gasteiger partial charge in [0.2, 0.25) is 0 Å². The molecule has 3 rings (SSSR count). The van der Waals surface area contributed by atoms with Gasteiger partial charge in [-0.25, -0.2) is 4.39 Å². The van der Waals surface area contributed by atoms with Crippen molar-refractivity contribution in [1.82, 2.24) is 10.2 Å². The third-order valence-electron chi connectivity index (χ3n) is 6.27. The largest absolute Gasteiger partial charge is 0.311 e. The average Bonchev–Trinajstić information content (AvgIpc) is 2.57. The lowest BCUT2D eigenvalue weighted by Crippen LogP contribution is -2.61. The average molecular weight is 296 g/mol. The minimum atomic E-state index is -0.180. The first-order valence-corrected chi connectivity index (χ1v) is 9.42. The molecule has 0 aromatic rings. The highest BCUT2D eigenvalue weighted by Gasteiger charge is 2.36. The van der Waals surface area contributed by atoms with Crippen molar-refractivity contribution in [1.29, 1.82) is 0 Å². The van der Waals surface area contributed by atoms with Crippen LogP contribution in [0.5, 0.6) is 0 Å². The van der Waals surface area contributed by atoms with Gasteiger partial charge >= 0.3 is 0 Å². The van der Waals surface area contributed by atoms with Gasteiger partial charge in [-0.1, -0.05) is 38.5 Å². The van der Waals surface area contributed by atoms with Crippen LogP contribution in [0.1, 0.15) is 64.2 Å². The Morgan fingerprint density at radius 2 is 1.48 bits per heavy atom. The molecule has 0 radical (unpaired) electrons. The van der Waals surface area contributed by atoms with Crippen molar-refractivity contribution in [3.05, 3.63) is 0 Å². The number of piperazine rings is 1. The lowest BCUT2D eigenvalue weighted by atomic mass is 9.79. The molecular weight excluding hydrogens is 263 g/mol. The molecule has 3 heteroatoms.